The molecule has 2 aliphatic rings. The van der Waals surface area contributed by atoms with Crippen molar-refractivity contribution in [2.24, 2.45) is 0 Å². The van der Waals surface area contributed by atoms with E-state index in [1.54, 1.807) is 23.1 Å². The highest BCUT2D eigenvalue weighted by Crippen LogP contribution is 2.41. The Kier molecular flexibility index (Phi) is 7.72. The van der Waals surface area contributed by atoms with E-state index >= 15 is 0 Å². The fourth-order valence-corrected chi connectivity index (χ4v) is 5.32. The van der Waals surface area contributed by atoms with Crippen LogP contribution in [-0.4, -0.2) is 43.3 Å². The Hall–Kier alpha value is -3.03. The van der Waals surface area contributed by atoms with Gasteiger partial charge < -0.3 is 23.5 Å². The first-order chi connectivity index (χ1) is 18.0. The third-order valence-electron chi connectivity index (χ3n) is 6.94. The third kappa shape index (κ3) is 5.07. The van der Waals surface area contributed by atoms with E-state index in [0.717, 1.165) is 37.7 Å². The van der Waals surface area contributed by atoms with Gasteiger partial charge in [-0.1, -0.05) is 37.4 Å². The third-order valence-corrected chi connectivity index (χ3v) is 7.18. The maximum Gasteiger partial charge on any atom is 0.291 e. The van der Waals surface area contributed by atoms with Crippen molar-refractivity contribution in [3.05, 3.63) is 68.5 Å². The van der Waals surface area contributed by atoms with Crippen LogP contribution in [0, 0.1) is 0 Å². The lowest BCUT2D eigenvalue weighted by Gasteiger charge is -2.28. The van der Waals surface area contributed by atoms with E-state index in [4.69, 9.17) is 30.2 Å². The highest BCUT2D eigenvalue weighted by atomic mass is 35.5. The number of rotatable bonds is 10. The van der Waals surface area contributed by atoms with Gasteiger partial charge >= 0.3 is 0 Å². The van der Waals surface area contributed by atoms with Crippen molar-refractivity contribution in [3.63, 3.8) is 0 Å². The van der Waals surface area contributed by atoms with E-state index < -0.39 is 6.04 Å². The van der Waals surface area contributed by atoms with Gasteiger partial charge in [-0.25, -0.2) is 0 Å². The molecule has 8 heteroatoms. The molecule has 0 N–H and O–H groups in total. The maximum absolute atomic E-state index is 13.8. The molecule has 7 nitrogen and oxygen atoms in total. The quantitative estimate of drug-likeness (QED) is 0.296. The second kappa shape index (κ2) is 11.2. The van der Waals surface area contributed by atoms with E-state index in [0.29, 0.717) is 59.4 Å². The summed E-state index contributed by atoms with van der Waals surface area (Å²) < 4.78 is 23.8. The first-order valence-electron chi connectivity index (χ1n) is 13.1. The molecular formula is C29H32ClNO6. The van der Waals surface area contributed by atoms with Gasteiger partial charge in [0.25, 0.3) is 5.91 Å². The summed E-state index contributed by atoms with van der Waals surface area (Å²) in [5.74, 6) is 0.986. The Morgan fingerprint density at radius 2 is 1.92 bits per heavy atom. The normalized spacial score (nSPS) is 19.0. The van der Waals surface area contributed by atoms with Gasteiger partial charge in [0.15, 0.2) is 16.9 Å². The fraction of sp³-hybridized carbons (Fsp3) is 0.448. The number of halogens is 1. The van der Waals surface area contributed by atoms with Crippen molar-refractivity contribution in [2.75, 3.05) is 26.4 Å². The molecule has 3 aromatic rings. The molecule has 37 heavy (non-hydrogen) atoms. The number of carbonyl (C=O) groups is 1. The molecule has 0 saturated carbocycles. The first kappa shape index (κ1) is 25.6. The number of fused-ring (bicyclic) bond motifs is 2. The van der Waals surface area contributed by atoms with Crippen LogP contribution in [0.3, 0.4) is 0 Å². The summed E-state index contributed by atoms with van der Waals surface area (Å²) in [4.78, 5) is 29.1. The molecule has 0 spiro atoms. The number of amides is 1. The number of nitrogens with zero attached hydrogens (tertiary/aromatic N) is 1. The van der Waals surface area contributed by atoms with Gasteiger partial charge in [0.05, 0.1) is 36.3 Å². The molecule has 2 aliphatic heterocycles. The summed E-state index contributed by atoms with van der Waals surface area (Å²) in [6.45, 7) is 6.15. The number of ether oxygens (including phenoxy) is 3. The van der Waals surface area contributed by atoms with Crippen LogP contribution in [-0.2, 0) is 4.74 Å². The number of benzene rings is 2. The summed E-state index contributed by atoms with van der Waals surface area (Å²) in [5, 5.41) is 0.781. The Bertz CT molecular complexity index is 1350. The standard InChI is InChI=1S/C29H32ClNO6/c1-3-5-6-13-36-23-11-9-18(15-24(23)34-4-2)26-25-27(32)21-16-19(30)10-12-22(21)37-28(25)29(33)31(26)17-20-8-7-14-35-20/h9-12,15-16,20,26H,3-8,13-14,17H2,1-2H3. The minimum Gasteiger partial charge on any atom is -0.490 e. The molecule has 3 heterocycles. The van der Waals surface area contributed by atoms with Crippen LogP contribution in [0.4, 0.5) is 0 Å². The monoisotopic (exact) mass is 525 g/mol. The molecule has 1 amide bonds. The van der Waals surface area contributed by atoms with Gasteiger partial charge in [-0.3, -0.25) is 9.59 Å². The molecule has 5 rings (SSSR count). The molecule has 2 atom stereocenters. The minimum absolute atomic E-state index is 0.0701. The Labute approximate surface area is 221 Å². The van der Waals surface area contributed by atoms with Crippen molar-refractivity contribution >= 4 is 28.5 Å². The van der Waals surface area contributed by atoms with Crippen LogP contribution in [0.15, 0.2) is 45.6 Å². The van der Waals surface area contributed by atoms with E-state index in [1.165, 1.54) is 0 Å². The summed E-state index contributed by atoms with van der Waals surface area (Å²) in [7, 11) is 0. The number of hydrogen-bond donors (Lipinski definition) is 0. The average molecular weight is 526 g/mol. The SMILES string of the molecule is CCCCCOc1ccc(C2c3c(oc4ccc(Cl)cc4c3=O)C(=O)N2CC2CCCO2)cc1OCC. The van der Waals surface area contributed by atoms with Crippen molar-refractivity contribution in [1.29, 1.82) is 0 Å². The van der Waals surface area contributed by atoms with Crippen LogP contribution in [0.1, 0.15) is 73.7 Å². The van der Waals surface area contributed by atoms with Gasteiger partial charge in [-0.2, -0.15) is 0 Å². The highest BCUT2D eigenvalue weighted by molar-refractivity contribution is 6.31. The fourth-order valence-electron chi connectivity index (χ4n) is 5.15. The van der Waals surface area contributed by atoms with Gasteiger partial charge in [0, 0.05) is 18.2 Å². The molecule has 0 radical (unpaired) electrons. The summed E-state index contributed by atoms with van der Waals surface area (Å²) in [6, 6.07) is 9.85. The molecule has 2 unspecified atom stereocenters. The smallest absolute Gasteiger partial charge is 0.291 e. The van der Waals surface area contributed by atoms with Crippen LogP contribution < -0.4 is 14.9 Å². The molecular weight excluding hydrogens is 494 g/mol. The van der Waals surface area contributed by atoms with Crippen molar-refractivity contribution in [1.82, 2.24) is 4.90 Å². The van der Waals surface area contributed by atoms with Crippen molar-refractivity contribution < 1.29 is 23.4 Å². The topological polar surface area (TPSA) is 78.2 Å². The largest absolute Gasteiger partial charge is 0.490 e. The highest BCUT2D eigenvalue weighted by Gasteiger charge is 2.44. The molecule has 1 aromatic heterocycles. The summed E-state index contributed by atoms with van der Waals surface area (Å²) >= 11 is 6.20. The predicted molar refractivity (Wildman–Crippen MR) is 142 cm³/mol. The number of unbranched alkanes of at least 4 members (excludes halogenated alkanes) is 2. The zero-order chi connectivity index (χ0) is 25.9. The van der Waals surface area contributed by atoms with Crippen molar-refractivity contribution in [2.45, 2.75) is 58.1 Å². The zero-order valence-electron chi connectivity index (χ0n) is 21.3. The second-order valence-corrected chi connectivity index (χ2v) is 9.94. The second-order valence-electron chi connectivity index (χ2n) is 9.50. The molecule has 1 fully saturated rings. The maximum atomic E-state index is 13.8. The Morgan fingerprint density at radius 3 is 2.68 bits per heavy atom. The lowest BCUT2D eigenvalue weighted by atomic mass is 9.97. The Balaban J connectivity index is 1.60. The van der Waals surface area contributed by atoms with Crippen LogP contribution in [0.2, 0.25) is 5.02 Å². The molecule has 2 aromatic carbocycles. The summed E-state index contributed by atoms with van der Waals surface area (Å²) in [6.07, 6.45) is 4.88. The molecule has 0 bridgehead atoms. The van der Waals surface area contributed by atoms with Gasteiger partial charge in [-0.15, -0.1) is 0 Å². The van der Waals surface area contributed by atoms with E-state index in [9.17, 15) is 9.59 Å². The predicted octanol–water partition coefficient (Wildman–Crippen LogP) is 6.14. The zero-order valence-corrected chi connectivity index (χ0v) is 22.0. The van der Waals surface area contributed by atoms with Gasteiger partial charge in [0.2, 0.25) is 5.76 Å². The lowest BCUT2D eigenvalue weighted by Crippen LogP contribution is -2.36. The number of carbonyl (C=O) groups excluding carboxylic acids is 1. The Morgan fingerprint density at radius 1 is 1.05 bits per heavy atom. The van der Waals surface area contributed by atoms with Crippen molar-refractivity contribution in [3.8, 4) is 11.5 Å². The van der Waals surface area contributed by atoms with Crippen LogP contribution in [0.5, 0.6) is 11.5 Å². The average Bonchev–Trinajstić information content (AvgIpc) is 3.50. The molecule has 0 aliphatic carbocycles. The van der Waals surface area contributed by atoms with Gasteiger partial charge in [-0.05, 0) is 62.1 Å². The molecule has 1 saturated heterocycles. The summed E-state index contributed by atoms with van der Waals surface area (Å²) in [5.41, 5.74) is 1.15. The van der Waals surface area contributed by atoms with Gasteiger partial charge in [0.1, 0.15) is 5.58 Å². The van der Waals surface area contributed by atoms with E-state index in [-0.39, 0.29) is 23.2 Å². The van der Waals surface area contributed by atoms with E-state index in [2.05, 4.69) is 6.92 Å². The van der Waals surface area contributed by atoms with E-state index in [1.807, 2.05) is 25.1 Å². The van der Waals surface area contributed by atoms with Crippen LogP contribution in [0.25, 0.3) is 11.0 Å². The molecule has 196 valence electrons. The van der Waals surface area contributed by atoms with Crippen LogP contribution >= 0.6 is 11.6 Å². The lowest BCUT2D eigenvalue weighted by molar-refractivity contribution is 0.0486. The number of hydrogen-bond acceptors (Lipinski definition) is 6. The minimum atomic E-state index is -0.639. The first-order valence-corrected chi connectivity index (χ1v) is 13.5.